The molecule has 4 nitrogen and oxygen atoms in total. The summed E-state index contributed by atoms with van der Waals surface area (Å²) in [5.41, 5.74) is 2.06. The van der Waals surface area contributed by atoms with Gasteiger partial charge in [-0.25, -0.2) is 0 Å². The number of aliphatic carboxylic acids is 1. The number of aryl methyl sites for hydroxylation is 1. The third-order valence-corrected chi connectivity index (χ3v) is 6.77. The molecule has 5 atom stereocenters. The molecule has 2 saturated carbocycles. The zero-order valence-electron chi connectivity index (χ0n) is 13.3. The Morgan fingerprint density at radius 3 is 2.83 bits per heavy atom. The molecule has 3 aliphatic rings. The fourth-order valence-corrected chi connectivity index (χ4v) is 5.60. The predicted molar refractivity (Wildman–Crippen MR) is 84.2 cm³/mol. The third-order valence-electron chi connectivity index (χ3n) is 6.77. The molecule has 4 heteroatoms. The first kappa shape index (κ1) is 14.7. The van der Waals surface area contributed by atoms with Crippen LogP contribution in [0.3, 0.4) is 0 Å². The molecule has 1 aromatic rings. The maximum absolute atomic E-state index is 12.7. The second kappa shape index (κ2) is 4.83. The van der Waals surface area contributed by atoms with Gasteiger partial charge in [-0.3, -0.25) is 9.59 Å². The van der Waals surface area contributed by atoms with Crippen LogP contribution in [0.25, 0.3) is 0 Å². The fourth-order valence-electron chi connectivity index (χ4n) is 5.60. The van der Waals surface area contributed by atoms with Gasteiger partial charge in [0.05, 0.1) is 0 Å². The summed E-state index contributed by atoms with van der Waals surface area (Å²) < 4.78 is 0. The molecular weight excluding hydrogens is 292 g/mol. The lowest BCUT2D eigenvalue weighted by atomic mass is 9.55. The van der Waals surface area contributed by atoms with E-state index in [0.717, 1.165) is 25.7 Å². The number of phenols is 1. The Hall–Kier alpha value is -1.84. The van der Waals surface area contributed by atoms with Gasteiger partial charge in [-0.2, -0.15) is 0 Å². The minimum absolute atomic E-state index is 0.0510. The SMILES string of the molecule is C[C@]12CCC3c4ccc(O)cc4CCC3C1CC(C(=O)O)C2=O. The van der Waals surface area contributed by atoms with Crippen LogP contribution in [0.2, 0.25) is 0 Å². The van der Waals surface area contributed by atoms with E-state index in [1.54, 1.807) is 6.07 Å². The van der Waals surface area contributed by atoms with Gasteiger partial charge in [-0.15, -0.1) is 0 Å². The standard InChI is InChI=1S/C19H22O4/c1-19-7-6-13-12-5-3-11(20)8-10(12)2-4-14(13)16(19)9-15(17(19)21)18(22)23/h3,5,8,13-16,20H,2,4,6-7,9H2,1H3,(H,22,23)/t13?,14?,15?,16?,19-/m0/s1. The van der Waals surface area contributed by atoms with E-state index in [9.17, 15) is 19.8 Å². The highest BCUT2D eigenvalue weighted by Crippen LogP contribution is 2.60. The van der Waals surface area contributed by atoms with Crippen molar-refractivity contribution in [3.8, 4) is 5.75 Å². The van der Waals surface area contributed by atoms with Crippen LogP contribution in [0.15, 0.2) is 18.2 Å². The summed E-state index contributed by atoms with van der Waals surface area (Å²) in [5, 5.41) is 19.1. The average Bonchev–Trinajstić information content (AvgIpc) is 2.79. The number of phenolic OH excluding ortho intramolecular Hbond substituents is 1. The van der Waals surface area contributed by atoms with Gasteiger partial charge in [0.15, 0.2) is 5.78 Å². The highest BCUT2D eigenvalue weighted by atomic mass is 16.4. The zero-order chi connectivity index (χ0) is 16.4. The van der Waals surface area contributed by atoms with Crippen molar-refractivity contribution in [2.24, 2.45) is 23.2 Å². The summed E-state index contributed by atoms with van der Waals surface area (Å²) >= 11 is 0. The van der Waals surface area contributed by atoms with E-state index in [1.807, 2.05) is 19.1 Å². The van der Waals surface area contributed by atoms with Gasteiger partial charge in [-0.05, 0) is 73.1 Å². The van der Waals surface area contributed by atoms with Gasteiger partial charge in [0.25, 0.3) is 0 Å². The smallest absolute Gasteiger partial charge is 0.314 e. The summed E-state index contributed by atoms with van der Waals surface area (Å²) in [4.78, 5) is 24.1. The molecule has 122 valence electrons. The van der Waals surface area contributed by atoms with Crippen LogP contribution in [0.1, 0.15) is 49.7 Å². The molecule has 0 saturated heterocycles. The van der Waals surface area contributed by atoms with Crippen LogP contribution in [0, 0.1) is 23.2 Å². The lowest BCUT2D eigenvalue weighted by Crippen LogP contribution is -2.42. The first-order chi connectivity index (χ1) is 10.9. The number of hydrogen-bond donors (Lipinski definition) is 2. The predicted octanol–water partition coefficient (Wildman–Crippen LogP) is 3.13. The zero-order valence-corrected chi connectivity index (χ0v) is 13.3. The van der Waals surface area contributed by atoms with Crippen molar-refractivity contribution in [1.82, 2.24) is 0 Å². The molecule has 2 fully saturated rings. The van der Waals surface area contributed by atoms with E-state index in [4.69, 9.17) is 0 Å². The maximum atomic E-state index is 12.7. The molecule has 0 bridgehead atoms. The lowest BCUT2D eigenvalue weighted by molar-refractivity contribution is -0.147. The topological polar surface area (TPSA) is 74.6 Å². The number of carbonyl (C=O) groups excluding carboxylic acids is 1. The number of benzene rings is 1. The number of hydrogen-bond acceptors (Lipinski definition) is 3. The second-order valence-electron chi connectivity index (χ2n) is 7.75. The van der Waals surface area contributed by atoms with Crippen LogP contribution < -0.4 is 0 Å². The van der Waals surface area contributed by atoms with Gasteiger partial charge in [-0.1, -0.05) is 13.0 Å². The van der Waals surface area contributed by atoms with Crippen molar-refractivity contribution >= 4 is 11.8 Å². The van der Waals surface area contributed by atoms with Crippen molar-refractivity contribution in [2.75, 3.05) is 0 Å². The summed E-state index contributed by atoms with van der Waals surface area (Å²) in [5.74, 6) is -0.545. The minimum Gasteiger partial charge on any atom is -0.508 e. The summed E-state index contributed by atoms with van der Waals surface area (Å²) in [7, 11) is 0. The molecule has 2 N–H and O–H groups in total. The Morgan fingerprint density at radius 1 is 1.30 bits per heavy atom. The lowest BCUT2D eigenvalue weighted by Gasteiger charge is -2.48. The van der Waals surface area contributed by atoms with E-state index < -0.39 is 17.3 Å². The number of carbonyl (C=O) groups is 2. The molecule has 4 rings (SSSR count). The molecule has 0 aromatic heterocycles. The molecule has 0 heterocycles. The van der Waals surface area contributed by atoms with Gasteiger partial charge >= 0.3 is 5.97 Å². The molecule has 0 spiro atoms. The fraction of sp³-hybridized carbons (Fsp3) is 0.579. The summed E-state index contributed by atoms with van der Waals surface area (Å²) in [6.45, 7) is 1.99. The van der Waals surface area contributed by atoms with E-state index >= 15 is 0 Å². The Bertz CT molecular complexity index is 695. The number of ketones is 1. The van der Waals surface area contributed by atoms with E-state index in [1.165, 1.54) is 11.1 Å². The Labute approximate surface area is 135 Å². The first-order valence-corrected chi connectivity index (χ1v) is 8.50. The second-order valence-corrected chi connectivity index (χ2v) is 7.75. The van der Waals surface area contributed by atoms with Crippen LogP contribution >= 0.6 is 0 Å². The third kappa shape index (κ3) is 1.97. The van der Waals surface area contributed by atoms with E-state index in [2.05, 4.69) is 0 Å². The van der Waals surface area contributed by atoms with Crippen molar-refractivity contribution in [3.63, 3.8) is 0 Å². The van der Waals surface area contributed by atoms with Crippen molar-refractivity contribution < 1.29 is 19.8 Å². The van der Waals surface area contributed by atoms with Gasteiger partial charge in [0.2, 0.25) is 0 Å². The number of fused-ring (bicyclic) bond motifs is 5. The van der Waals surface area contributed by atoms with Crippen molar-refractivity contribution in [2.45, 2.75) is 44.9 Å². The molecule has 3 aliphatic carbocycles. The Morgan fingerprint density at radius 2 is 2.09 bits per heavy atom. The average molecular weight is 314 g/mol. The van der Waals surface area contributed by atoms with Crippen LogP contribution in [0.4, 0.5) is 0 Å². The summed E-state index contributed by atoms with van der Waals surface area (Å²) in [6, 6.07) is 5.63. The monoisotopic (exact) mass is 314 g/mol. The molecule has 0 radical (unpaired) electrons. The number of carboxylic acids is 1. The number of Topliss-reactive ketones (excluding diaryl/α,β-unsaturated/α-hetero) is 1. The van der Waals surface area contributed by atoms with Gasteiger partial charge < -0.3 is 10.2 Å². The minimum atomic E-state index is -0.955. The quantitative estimate of drug-likeness (QED) is 0.781. The molecule has 1 aromatic carbocycles. The molecule has 4 unspecified atom stereocenters. The van der Waals surface area contributed by atoms with Gasteiger partial charge in [0.1, 0.15) is 11.7 Å². The Kier molecular flexibility index (Phi) is 3.09. The summed E-state index contributed by atoms with van der Waals surface area (Å²) in [6.07, 6.45) is 4.11. The number of aromatic hydroxyl groups is 1. The van der Waals surface area contributed by atoms with Crippen LogP contribution in [0.5, 0.6) is 5.75 Å². The molecular formula is C19H22O4. The molecule has 0 aliphatic heterocycles. The highest BCUT2D eigenvalue weighted by Gasteiger charge is 2.59. The Balaban J connectivity index is 1.71. The van der Waals surface area contributed by atoms with Crippen LogP contribution in [-0.2, 0) is 16.0 Å². The highest BCUT2D eigenvalue weighted by molar-refractivity contribution is 6.03. The van der Waals surface area contributed by atoms with E-state index in [-0.39, 0.29) is 11.7 Å². The van der Waals surface area contributed by atoms with Crippen molar-refractivity contribution in [3.05, 3.63) is 29.3 Å². The number of rotatable bonds is 1. The van der Waals surface area contributed by atoms with Gasteiger partial charge in [0, 0.05) is 5.41 Å². The maximum Gasteiger partial charge on any atom is 0.314 e. The van der Waals surface area contributed by atoms with Crippen LogP contribution in [-0.4, -0.2) is 22.0 Å². The largest absolute Gasteiger partial charge is 0.508 e. The first-order valence-electron chi connectivity index (χ1n) is 8.50. The van der Waals surface area contributed by atoms with E-state index in [0.29, 0.717) is 24.0 Å². The molecule has 0 amide bonds. The number of carboxylic acid groups (broad SMARTS) is 1. The van der Waals surface area contributed by atoms with Crippen molar-refractivity contribution in [1.29, 1.82) is 0 Å². The molecule has 23 heavy (non-hydrogen) atoms. The normalized spacial score (nSPS) is 38.6.